The van der Waals surface area contributed by atoms with E-state index in [4.69, 9.17) is 0 Å². The molecule has 0 amide bonds. The molecule has 8 rings (SSSR count). The SMILES string of the molecule is C1=CC2=C(CC1)N(c1ccc(C3CCC(N4CC5CCCCC5C5CCCCCC54)CC3)cc1)C1CCCCC21. The van der Waals surface area contributed by atoms with Crippen LogP contribution in [0.5, 0.6) is 0 Å². The zero-order valence-electron chi connectivity index (χ0n) is 25.1. The molecule has 0 aromatic heterocycles. The molecule has 2 nitrogen and oxygen atoms in total. The molecule has 7 aliphatic rings. The van der Waals surface area contributed by atoms with Crippen LogP contribution in [0, 0.1) is 23.7 Å². The van der Waals surface area contributed by atoms with Crippen molar-refractivity contribution < 1.29 is 0 Å². The third-order valence-electron chi connectivity index (χ3n) is 13.2. The topological polar surface area (TPSA) is 6.48 Å². The summed E-state index contributed by atoms with van der Waals surface area (Å²) in [6.45, 7) is 1.45. The fourth-order valence-electron chi connectivity index (χ4n) is 11.3. The van der Waals surface area contributed by atoms with Crippen LogP contribution < -0.4 is 4.90 Å². The van der Waals surface area contributed by atoms with Crippen molar-refractivity contribution in [1.29, 1.82) is 0 Å². The lowest BCUT2D eigenvalue weighted by Gasteiger charge is -2.54. The summed E-state index contributed by atoms with van der Waals surface area (Å²) in [6.07, 6.45) is 32.3. The van der Waals surface area contributed by atoms with Crippen molar-refractivity contribution in [3.63, 3.8) is 0 Å². The fraction of sp³-hybridized carbons (Fsp3) is 0.737. The largest absolute Gasteiger partial charge is 0.341 e. The summed E-state index contributed by atoms with van der Waals surface area (Å²) in [4.78, 5) is 5.93. The molecule has 40 heavy (non-hydrogen) atoms. The van der Waals surface area contributed by atoms with Crippen molar-refractivity contribution >= 4 is 5.69 Å². The lowest BCUT2D eigenvalue weighted by molar-refractivity contribution is -0.0506. The fourth-order valence-corrected chi connectivity index (χ4v) is 11.3. The Hall–Kier alpha value is -1.54. The lowest BCUT2D eigenvalue weighted by Crippen LogP contribution is -2.57. The molecule has 1 aromatic carbocycles. The highest BCUT2D eigenvalue weighted by atomic mass is 15.2. The molecule has 2 aliphatic heterocycles. The Balaban J connectivity index is 0.951. The average molecular weight is 539 g/mol. The van der Waals surface area contributed by atoms with Gasteiger partial charge in [0, 0.05) is 42.0 Å². The van der Waals surface area contributed by atoms with E-state index in [1.807, 2.05) is 0 Å². The van der Waals surface area contributed by atoms with Gasteiger partial charge in [-0.2, -0.15) is 0 Å². The zero-order valence-corrected chi connectivity index (χ0v) is 25.1. The zero-order chi connectivity index (χ0) is 26.5. The Morgan fingerprint density at radius 3 is 2.25 bits per heavy atom. The Kier molecular flexibility index (Phi) is 7.36. The number of allylic oxidation sites excluding steroid dienone is 3. The number of fused-ring (bicyclic) bond motifs is 5. The number of rotatable bonds is 3. The van der Waals surface area contributed by atoms with E-state index in [-0.39, 0.29) is 0 Å². The van der Waals surface area contributed by atoms with Crippen molar-refractivity contribution in [3.05, 3.63) is 53.3 Å². The first-order chi connectivity index (χ1) is 19.8. The second kappa shape index (κ2) is 11.3. The van der Waals surface area contributed by atoms with Crippen LogP contribution in [0.3, 0.4) is 0 Å². The molecule has 1 saturated heterocycles. The minimum atomic E-state index is 0.712. The van der Waals surface area contributed by atoms with Gasteiger partial charge in [0.05, 0.1) is 0 Å². The van der Waals surface area contributed by atoms with Crippen molar-refractivity contribution in [1.82, 2.24) is 4.90 Å². The molecule has 216 valence electrons. The van der Waals surface area contributed by atoms with Gasteiger partial charge < -0.3 is 4.90 Å². The molecule has 1 aromatic rings. The van der Waals surface area contributed by atoms with Gasteiger partial charge in [-0.15, -0.1) is 0 Å². The second-order valence-corrected chi connectivity index (χ2v) is 15.0. The molecule has 5 fully saturated rings. The first-order valence-electron chi connectivity index (χ1n) is 17.9. The molecule has 5 aliphatic carbocycles. The number of nitrogens with zero attached hydrogens (tertiary/aromatic N) is 2. The second-order valence-electron chi connectivity index (χ2n) is 15.0. The average Bonchev–Trinajstić information content (AvgIpc) is 3.15. The molecule has 6 atom stereocenters. The van der Waals surface area contributed by atoms with Gasteiger partial charge in [0.15, 0.2) is 0 Å². The van der Waals surface area contributed by atoms with E-state index in [0.717, 1.165) is 41.7 Å². The van der Waals surface area contributed by atoms with E-state index < -0.39 is 0 Å². The van der Waals surface area contributed by atoms with Gasteiger partial charge in [0.2, 0.25) is 0 Å². The van der Waals surface area contributed by atoms with Crippen molar-refractivity contribution in [2.75, 3.05) is 11.4 Å². The maximum absolute atomic E-state index is 3.14. The van der Waals surface area contributed by atoms with Gasteiger partial charge >= 0.3 is 0 Å². The van der Waals surface area contributed by atoms with Gasteiger partial charge in [-0.1, -0.05) is 69.2 Å². The lowest BCUT2D eigenvalue weighted by atomic mass is 9.64. The molecule has 0 N–H and O–H groups in total. The quantitative estimate of drug-likeness (QED) is 0.378. The summed E-state index contributed by atoms with van der Waals surface area (Å²) in [5.74, 6) is 4.66. The third kappa shape index (κ3) is 4.63. The van der Waals surface area contributed by atoms with Crippen LogP contribution >= 0.6 is 0 Å². The number of hydrogen-bond acceptors (Lipinski definition) is 2. The van der Waals surface area contributed by atoms with Crippen LogP contribution in [0.1, 0.15) is 133 Å². The number of likely N-dealkylation sites (tertiary alicyclic amines) is 1. The molecule has 2 heterocycles. The first kappa shape index (κ1) is 26.1. The number of piperidine rings is 1. The maximum atomic E-state index is 3.14. The molecule has 0 spiro atoms. The smallest absolute Gasteiger partial charge is 0.0411 e. The van der Waals surface area contributed by atoms with Crippen LogP contribution in [0.25, 0.3) is 0 Å². The Morgan fingerprint density at radius 2 is 1.35 bits per heavy atom. The van der Waals surface area contributed by atoms with Crippen LogP contribution in [0.4, 0.5) is 5.69 Å². The molecule has 6 unspecified atom stereocenters. The van der Waals surface area contributed by atoms with Crippen molar-refractivity contribution in [2.24, 2.45) is 23.7 Å². The minimum absolute atomic E-state index is 0.712. The highest BCUT2D eigenvalue weighted by Crippen LogP contribution is 2.50. The standard InChI is InChI=1S/C38H54N2/c1-2-12-33-32-11-5-4-10-29(32)26-39(36(33)15-3-1)30-22-18-27(19-23-30)28-20-24-31(25-21-28)40-37-16-8-6-13-34(37)35-14-7-9-17-38(35)40/h6,13,20-21,24-25,27,29-30,32-33,35-36,38H,1-5,7-12,14-19,22-23,26H2. The molecule has 0 bridgehead atoms. The van der Waals surface area contributed by atoms with Crippen LogP contribution in [0.15, 0.2) is 47.7 Å². The third-order valence-corrected chi connectivity index (χ3v) is 13.2. The highest BCUT2D eigenvalue weighted by molar-refractivity contribution is 5.61. The van der Waals surface area contributed by atoms with Gasteiger partial charge in [-0.05, 0) is 124 Å². The van der Waals surface area contributed by atoms with Gasteiger partial charge in [-0.3, -0.25) is 4.90 Å². The summed E-state index contributed by atoms with van der Waals surface area (Å²) in [6, 6.07) is 12.6. The summed E-state index contributed by atoms with van der Waals surface area (Å²) >= 11 is 0. The molecule has 2 heteroatoms. The van der Waals surface area contributed by atoms with E-state index >= 15 is 0 Å². The molecular weight excluding hydrogens is 484 g/mol. The Bertz CT molecular complexity index is 1090. The van der Waals surface area contributed by atoms with Crippen LogP contribution in [0.2, 0.25) is 0 Å². The van der Waals surface area contributed by atoms with Crippen molar-refractivity contribution in [3.8, 4) is 0 Å². The number of hydrogen-bond donors (Lipinski definition) is 0. The maximum Gasteiger partial charge on any atom is 0.0411 e. The number of benzene rings is 1. The van der Waals surface area contributed by atoms with E-state index in [2.05, 4.69) is 46.2 Å². The molecule has 0 radical (unpaired) electrons. The predicted octanol–water partition coefficient (Wildman–Crippen LogP) is 9.77. The Labute approximate surface area is 244 Å². The van der Waals surface area contributed by atoms with Gasteiger partial charge in [-0.25, -0.2) is 0 Å². The summed E-state index contributed by atoms with van der Waals surface area (Å²) in [5, 5.41) is 0. The minimum Gasteiger partial charge on any atom is -0.341 e. The van der Waals surface area contributed by atoms with E-state index in [9.17, 15) is 0 Å². The molecular formula is C38H54N2. The van der Waals surface area contributed by atoms with E-state index in [1.165, 1.54) is 128 Å². The van der Waals surface area contributed by atoms with E-state index in [0.29, 0.717) is 6.04 Å². The normalized spacial score (nSPS) is 40.1. The van der Waals surface area contributed by atoms with Crippen LogP contribution in [-0.4, -0.2) is 29.6 Å². The predicted molar refractivity (Wildman–Crippen MR) is 168 cm³/mol. The summed E-state index contributed by atoms with van der Waals surface area (Å²) < 4.78 is 0. The van der Waals surface area contributed by atoms with E-state index in [1.54, 1.807) is 23.3 Å². The first-order valence-corrected chi connectivity index (χ1v) is 17.9. The highest BCUT2D eigenvalue weighted by Gasteiger charge is 2.46. The van der Waals surface area contributed by atoms with Gasteiger partial charge in [0.1, 0.15) is 0 Å². The van der Waals surface area contributed by atoms with Gasteiger partial charge in [0.25, 0.3) is 0 Å². The summed E-state index contributed by atoms with van der Waals surface area (Å²) in [7, 11) is 0. The van der Waals surface area contributed by atoms with Crippen LogP contribution in [-0.2, 0) is 0 Å². The van der Waals surface area contributed by atoms with Crippen molar-refractivity contribution in [2.45, 2.75) is 146 Å². The monoisotopic (exact) mass is 538 g/mol. The number of anilines is 1. The summed E-state index contributed by atoms with van der Waals surface area (Å²) in [5.41, 5.74) is 6.44. The Morgan fingerprint density at radius 1 is 0.625 bits per heavy atom. The molecule has 4 saturated carbocycles.